The summed E-state index contributed by atoms with van der Waals surface area (Å²) in [5.74, 6) is 2.69. The van der Waals surface area contributed by atoms with Crippen molar-refractivity contribution < 1.29 is 4.79 Å². The van der Waals surface area contributed by atoms with Crippen LogP contribution in [0.3, 0.4) is 0 Å². The maximum Gasteiger partial charge on any atom is 0.233 e. The summed E-state index contributed by atoms with van der Waals surface area (Å²) in [4.78, 5) is 12.2. The van der Waals surface area contributed by atoms with Crippen molar-refractivity contribution in [2.24, 2.45) is 5.92 Å². The van der Waals surface area contributed by atoms with Gasteiger partial charge in [-0.2, -0.15) is 0 Å². The molecule has 0 aromatic heterocycles. The van der Waals surface area contributed by atoms with E-state index in [1.807, 2.05) is 0 Å². The van der Waals surface area contributed by atoms with Crippen molar-refractivity contribution >= 4 is 29.3 Å². The Kier molecular flexibility index (Phi) is 4.65. The third-order valence-corrected chi connectivity index (χ3v) is 5.99. The smallest absolute Gasteiger partial charge is 0.233 e. The Bertz CT molecular complexity index is 271. The standard InChI is InChI=1S/C13H22ClNOS/c1-10-4-6-13(9-14,7-5-10)15-12(16)11-3-2-8-17-11/h10-11H,2-9H2,1H3,(H,15,16). The summed E-state index contributed by atoms with van der Waals surface area (Å²) >= 11 is 7.91. The number of hydrogen-bond donors (Lipinski definition) is 1. The van der Waals surface area contributed by atoms with E-state index in [-0.39, 0.29) is 16.7 Å². The lowest BCUT2D eigenvalue weighted by atomic mass is 9.78. The van der Waals surface area contributed by atoms with Gasteiger partial charge in [-0.3, -0.25) is 4.79 Å². The predicted molar refractivity (Wildman–Crippen MR) is 74.7 cm³/mol. The van der Waals surface area contributed by atoms with Crippen LogP contribution >= 0.6 is 23.4 Å². The molecule has 1 aliphatic heterocycles. The fourth-order valence-electron chi connectivity index (χ4n) is 2.73. The van der Waals surface area contributed by atoms with E-state index >= 15 is 0 Å². The van der Waals surface area contributed by atoms with Crippen LogP contribution in [0, 0.1) is 5.92 Å². The lowest BCUT2D eigenvalue weighted by Gasteiger charge is -2.39. The highest BCUT2D eigenvalue weighted by Gasteiger charge is 2.37. The van der Waals surface area contributed by atoms with Gasteiger partial charge in [0.05, 0.1) is 10.8 Å². The fourth-order valence-corrected chi connectivity index (χ4v) is 4.23. The Hall–Kier alpha value is 0.110. The number of halogens is 1. The molecule has 2 fully saturated rings. The minimum atomic E-state index is -0.117. The molecule has 1 N–H and O–H groups in total. The highest BCUT2D eigenvalue weighted by Crippen LogP contribution is 2.34. The number of amides is 1. The predicted octanol–water partition coefficient (Wildman–Crippen LogP) is 3.19. The van der Waals surface area contributed by atoms with Gasteiger partial charge in [0.2, 0.25) is 5.91 Å². The number of rotatable bonds is 3. The van der Waals surface area contributed by atoms with Gasteiger partial charge in [-0.15, -0.1) is 23.4 Å². The number of hydrogen-bond acceptors (Lipinski definition) is 2. The molecule has 1 saturated carbocycles. The molecule has 1 atom stereocenters. The molecular formula is C13H22ClNOS. The average Bonchev–Trinajstić information content (AvgIpc) is 2.86. The van der Waals surface area contributed by atoms with Gasteiger partial charge in [-0.05, 0) is 50.2 Å². The minimum absolute atomic E-state index is 0.117. The number of carbonyl (C=O) groups is 1. The first-order valence-corrected chi connectivity index (χ1v) is 8.23. The first-order valence-electron chi connectivity index (χ1n) is 6.65. The minimum Gasteiger partial charge on any atom is -0.349 e. The van der Waals surface area contributed by atoms with Crippen molar-refractivity contribution in [2.45, 2.75) is 56.2 Å². The zero-order chi connectivity index (χ0) is 12.3. The summed E-state index contributed by atoms with van der Waals surface area (Å²) in [6.07, 6.45) is 6.66. The molecule has 1 aliphatic carbocycles. The quantitative estimate of drug-likeness (QED) is 0.802. The zero-order valence-electron chi connectivity index (χ0n) is 10.5. The van der Waals surface area contributed by atoms with Crippen LogP contribution in [0.5, 0.6) is 0 Å². The van der Waals surface area contributed by atoms with Gasteiger partial charge in [-0.25, -0.2) is 0 Å². The van der Waals surface area contributed by atoms with Crippen molar-refractivity contribution in [1.82, 2.24) is 5.32 Å². The fraction of sp³-hybridized carbons (Fsp3) is 0.923. The van der Waals surface area contributed by atoms with Crippen LogP contribution in [0.15, 0.2) is 0 Å². The van der Waals surface area contributed by atoms with E-state index in [9.17, 15) is 4.79 Å². The monoisotopic (exact) mass is 275 g/mol. The Balaban J connectivity index is 1.92. The van der Waals surface area contributed by atoms with Gasteiger partial charge in [0.25, 0.3) is 0 Å². The normalized spacial score (nSPS) is 38.0. The lowest BCUT2D eigenvalue weighted by molar-refractivity contribution is -0.122. The van der Waals surface area contributed by atoms with E-state index < -0.39 is 0 Å². The van der Waals surface area contributed by atoms with E-state index in [4.69, 9.17) is 11.6 Å². The molecule has 0 aromatic carbocycles. The summed E-state index contributed by atoms with van der Waals surface area (Å²) in [7, 11) is 0. The lowest BCUT2D eigenvalue weighted by Crippen LogP contribution is -2.54. The van der Waals surface area contributed by atoms with Gasteiger partial charge in [-0.1, -0.05) is 6.92 Å². The van der Waals surface area contributed by atoms with Crippen molar-refractivity contribution in [1.29, 1.82) is 0 Å². The van der Waals surface area contributed by atoms with Crippen LogP contribution in [-0.2, 0) is 4.79 Å². The highest BCUT2D eigenvalue weighted by atomic mass is 35.5. The van der Waals surface area contributed by atoms with E-state index in [0.717, 1.165) is 30.9 Å². The molecule has 4 heteroatoms. The molecule has 1 heterocycles. The first-order chi connectivity index (χ1) is 8.15. The van der Waals surface area contributed by atoms with Crippen LogP contribution in [-0.4, -0.2) is 28.3 Å². The van der Waals surface area contributed by atoms with E-state index in [2.05, 4.69) is 12.2 Å². The molecule has 2 aliphatic rings. The third kappa shape index (κ3) is 3.31. The van der Waals surface area contributed by atoms with E-state index in [1.165, 1.54) is 19.3 Å². The molecule has 98 valence electrons. The zero-order valence-corrected chi connectivity index (χ0v) is 12.1. The Labute approximate surface area is 113 Å². The second-order valence-corrected chi connectivity index (χ2v) is 7.17. The van der Waals surface area contributed by atoms with Gasteiger partial charge >= 0.3 is 0 Å². The number of alkyl halides is 1. The van der Waals surface area contributed by atoms with Gasteiger partial charge in [0.1, 0.15) is 0 Å². The van der Waals surface area contributed by atoms with Crippen molar-refractivity contribution in [3.63, 3.8) is 0 Å². The summed E-state index contributed by atoms with van der Waals surface area (Å²) in [5.41, 5.74) is -0.117. The number of nitrogens with one attached hydrogen (secondary N) is 1. The van der Waals surface area contributed by atoms with Crippen molar-refractivity contribution in [3.05, 3.63) is 0 Å². The molecular weight excluding hydrogens is 254 g/mol. The molecule has 17 heavy (non-hydrogen) atoms. The summed E-state index contributed by atoms with van der Waals surface area (Å²) < 4.78 is 0. The maximum absolute atomic E-state index is 12.2. The molecule has 2 rings (SSSR count). The molecule has 0 radical (unpaired) electrons. The summed E-state index contributed by atoms with van der Waals surface area (Å²) in [6, 6.07) is 0. The molecule has 1 unspecified atom stereocenters. The Morgan fingerprint density at radius 2 is 2.12 bits per heavy atom. The molecule has 1 amide bonds. The van der Waals surface area contributed by atoms with E-state index in [0.29, 0.717) is 5.88 Å². The number of carbonyl (C=O) groups excluding carboxylic acids is 1. The van der Waals surface area contributed by atoms with E-state index in [1.54, 1.807) is 11.8 Å². The van der Waals surface area contributed by atoms with Gasteiger partial charge in [0, 0.05) is 5.88 Å². The van der Waals surface area contributed by atoms with Crippen molar-refractivity contribution in [3.8, 4) is 0 Å². The third-order valence-electron chi connectivity index (χ3n) is 4.10. The van der Waals surface area contributed by atoms with Gasteiger partial charge in [0.15, 0.2) is 0 Å². The summed E-state index contributed by atoms with van der Waals surface area (Å²) in [5, 5.41) is 3.43. The van der Waals surface area contributed by atoms with Crippen LogP contribution in [0.4, 0.5) is 0 Å². The average molecular weight is 276 g/mol. The Morgan fingerprint density at radius 3 is 2.65 bits per heavy atom. The molecule has 1 saturated heterocycles. The molecule has 0 aromatic rings. The maximum atomic E-state index is 12.2. The SMILES string of the molecule is CC1CCC(CCl)(NC(=O)C2CCCS2)CC1. The molecule has 0 spiro atoms. The van der Waals surface area contributed by atoms with Crippen LogP contribution < -0.4 is 5.32 Å². The second kappa shape index (κ2) is 5.83. The first kappa shape index (κ1) is 13.5. The van der Waals surface area contributed by atoms with Crippen LogP contribution in [0.2, 0.25) is 0 Å². The van der Waals surface area contributed by atoms with Crippen LogP contribution in [0.1, 0.15) is 45.4 Å². The largest absolute Gasteiger partial charge is 0.349 e. The molecule has 2 nitrogen and oxygen atoms in total. The highest BCUT2D eigenvalue weighted by molar-refractivity contribution is 8.00. The number of thioether (sulfide) groups is 1. The van der Waals surface area contributed by atoms with Crippen LogP contribution in [0.25, 0.3) is 0 Å². The van der Waals surface area contributed by atoms with Gasteiger partial charge < -0.3 is 5.32 Å². The Morgan fingerprint density at radius 1 is 1.41 bits per heavy atom. The second-order valence-electron chi connectivity index (χ2n) is 5.59. The molecule has 0 bridgehead atoms. The van der Waals surface area contributed by atoms with Crippen molar-refractivity contribution in [2.75, 3.05) is 11.6 Å². The topological polar surface area (TPSA) is 29.1 Å². The summed E-state index contributed by atoms with van der Waals surface area (Å²) in [6.45, 7) is 2.28.